The molecule has 350 valence electrons. The number of nitrogens with zero attached hydrogens (tertiary/aromatic N) is 7. The number of hydrogen-bond donors (Lipinski definition) is 3. The van der Waals surface area contributed by atoms with Crippen molar-refractivity contribution in [2.45, 2.75) is 97.1 Å². The maximum absolute atomic E-state index is 13.8. The van der Waals surface area contributed by atoms with Gasteiger partial charge in [0.15, 0.2) is 11.4 Å². The lowest BCUT2D eigenvalue weighted by atomic mass is 9.86. The summed E-state index contributed by atoms with van der Waals surface area (Å²) in [5.74, 6) is 0.149. The van der Waals surface area contributed by atoms with E-state index in [1.165, 1.54) is 4.57 Å². The van der Waals surface area contributed by atoms with E-state index in [1.807, 2.05) is 59.0 Å². The number of amides is 2. The number of ether oxygens (including phenoxy) is 2. The van der Waals surface area contributed by atoms with Crippen molar-refractivity contribution in [2.75, 3.05) is 20.1 Å². The van der Waals surface area contributed by atoms with E-state index in [-0.39, 0.29) is 66.3 Å². The third-order valence-electron chi connectivity index (χ3n) is 14.2. The number of fused-ring (bicyclic) bond motifs is 6. The summed E-state index contributed by atoms with van der Waals surface area (Å²) in [7, 11) is 1.71. The van der Waals surface area contributed by atoms with E-state index in [0.717, 1.165) is 33.0 Å². The molecular weight excluding hydrogens is 869 g/mol. The van der Waals surface area contributed by atoms with Crippen molar-refractivity contribution in [1.82, 2.24) is 38.7 Å². The first-order valence-electron chi connectivity index (χ1n) is 23.1. The number of nitrogens with one attached hydrogen (secondary N) is 1. The van der Waals surface area contributed by atoms with E-state index in [1.54, 1.807) is 53.8 Å². The summed E-state index contributed by atoms with van der Waals surface area (Å²) >= 11 is 0. The fraction of sp³-hybridized carbons (Fsp3) is 0.353. The highest BCUT2D eigenvalue weighted by molar-refractivity contribution is 5.90. The topological polar surface area (TPSA) is 207 Å². The number of aliphatic hydroxyl groups is 1. The van der Waals surface area contributed by atoms with Gasteiger partial charge in [0, 0.05) is 72.8 Å². The molecule has 0 aliphatic carbocycles. The Morgan fingerprint density at radius 1 is 1.00 bits per heavy atom. The predicted octanol–water partition coefficient (Wildman–Crippen LogP) is 6.48. The Morgan fingerprint density at radius 2 is 1.79 bits per heavy atom. The number of aromatic amines is 1. The van der Waals surface area contributed by atoms with Gasteiger partial charge in [-0.05, 0) is 103 Å². The number of carbonyl (C=O) groups is 3. The Bertz CT molecular complexity index is 3340. The molecule has 17 heteroatoms. The van der Waals surface area contributed by atoms with Gasteiger partial charge in [0.25, 0.3) is 5.56 Å². The highest BCUT2D eigenvalue weighted by atomic mass is 16.6. The van der Waals surface area contributed by atoms with Crippen LogP contribution in [-0.4, -0.2) is 93.0 Å². The lowest BCUT2D eigenvalue weighted by Gasteiger charge is -2.36. The van der Waals surface area contributed by atoms with Crippen LogP contribution in [0, 0.1) is 0 Å². The fourth-order valence-corrected chi connectivity index (χ4v) is 10.1. The zero-order valence-electron chi connectivity index (χ0n) is 38.5. The zero-order valence-corrected chi connectivity index (χ0v) is 38.5. The fourth-order valence-electron chi connectivity index (χ4n) is 10.1. The van der Waals surface area contributed by atoms with Gasteiger partial charge in [-0.1, -0.05) is 33.8 Å². The molecule has 10 rings (SSSR count). The van der Waals surface area contributed by atoms with Crippen molar-refractivity contribution < 1.29 is 34.1 Å². The van der Waals surface area contributed by atoms with Crippen molar-refractivity contribution >= 4 is 39.8 Å². The van der Waals surface area contributed by atoms with Gasteiger partial charge < -0.3 is 38.6 Å². The minimum absolute atomic E-state index is 0.0207. The second-order valence-corrected chi connectivity index (χ2v) is 18.3. The van der Waals surface area contributed by atoms with Gasteiger partial charge in [0.1, 0.15) is 18.1 Å². The van der Waals surface area contributed by atoms with Crippen molar-refractivity contribution in [3.63, 3.8) is 0 Å². The quantitative estimate of drug-likeness (QED) is 0.127. The molecule has 7 heterocycles. The first-order valence-corrected chi connectivity index (χ1v) is 23.1. The maximum Gasteiger partial charge on any atom is 0.415 e. The van der Waals surface area contributed by atoms with Gasteiger partial charge >= 0.3 is 17.8 Å². The Kier molecular flexibility index (Phi) is 11.1. The second-order valence-electron chi connectivity index (χ2n) is 18.3. The van der Waals surface area contributed by atoms with Crippen molar-refractivity contribution in [1.29, 1.82) is 0 Å². The number of phenolic OH excluding ortho intramolecular Hbond substituents is 1. The number of aromatic hydroxyl groups is 1. The van der Waals surface area contributed by atoms with E-state index in [2.05, 4.69) is 24.0 Å². The highest BCUT2D eigenvalue weighted by Gasteiger charge is 2.45. The molecule has 17 nitrogen and oxygen atoms in total. The number of phenols is 1. The average molecular weight is 921 g/mol. The number of hydrogen-bond acceptors (Lipinski definition) is 11. The van der Waals surface area contributed by atoms with Crippen LogP contribution in [0.1, 0.15) is 87.1 Å². The summed E-state index contributed by atoms with van der Waals surface area (Å²) in [6.45, 7) is 9.31. The molecule has 1 saturated heterocycles. The number of esters is 1. The van der Waals surface area contributed by atoms with E-state index >= 15 is 0 Å². The Balaban J connectivity index is 0.771. The smallest absolute Gasteiger partial charge is 0.415 e. The van der Waals surface area contributed by atoms with Crippen molar-refractivity contribution in [2.24, 2.45) is 0 Å². The number of piperidine rings is 1. The first-order chi connectivity index (χ1) is 32.7. The summed E-state index contributed by atoms with van der Waals surface area (Å²) in [6, 6.07) is 19.7. The van der Waals surface area contributed by atoms with Crippen molar-refractivity contribution in [3.05, 3.63) is 122 Å². The average Bonchev–Trinajstić information content (AvgIpc) is 4.05. The van der Waals surface area contributed by atoms with E-state index < -0.39 is 23.4 Å². The van der Waals surface area contributed by atoms with Crippen LogP contribution in [0.15, 0.2) is 82.5 Å². The van der Waals surface area contributed by atoms with E-state index in [0.29, 0.717) is 78.6 Å². The van der Waals surface area contributed by atoms with Gasteiger partial charge in [-0.25, -0.2) is 29.0 Å². The SMILES string of the molecule is CCc1c2c(nc3ccc(OC(=O)N(C)C4CCN(C(=O)CCn5ccc6cc(-n7c(-c8cc(C(C)C)ccc8O)n[nH]c7=O)ccc65)CC4)cc13)-c1cc3c(c(=O)n1C2)COC(=O)C3(O)CC. The van der Waals surface area contributed by atoms with Gasteiger partial charge in [-0.2, -0.15) is 5.10 Å². The predicted molar refractivity (Wildman–Crippen MR) is 253 cm³/mol. The molecule has 3 aliphatic heterocycles. The van der Waals surface area contributed by atoms with Crippen LogP contribution < -0.4 is 16.0 Å². The number of cyclic esters (lactones) is 1. The van der Waals surface area contributed by atoms with Crippen LogP contribution in [0.5, 0.6) is 11.5 Å². The number of pyridine rings is 2. The third-order valence-corrected chi connectivity index (χ3v) is 14.2. The minimum Gasteiger partial charge on any atom is -0.507 e. The summed E-state index contributed by atoms with van der Waals surface area (Å²) in [4.78, 5) is 74.9. The van der Waals surface area contributed by atoms with Crippen LogP contribution in [0.3, 0.4) is 0 Å². The Labute approximate surface area is 390 Å². The summed E-state index contributed by atoms with van der Waals surface area (Å²) in [5, 5.41) is 30.4. The van der Waals surface area contributed by atoms with Crippen LogP contribution in [0.4, 0.5) is 4.79 Å². The second kappa shape index (κ2) is 17.0. The molecule has 0 bridgehead atoms. The number of likely N-dealkylation sites (tertiary alicyclic amines) is 1. The third kappa shape index (κ3) is 7.32. The van der Waals surface area contributed by atoms with Crippen LogP contribution in [0.2, 0.25) is 0 Å². The number of aromatic nitrogens is 6. The lowest BCUT2D eigenvalue weighted by molar-refractivity contribution is -0.172. The number of H-pyrrole nitrogens is 1. The molecule has 4 aromatic heterocycles. The van der Waals surface area contributed by atoms with Gasteiger partial charge in [0.05, 0.1) is 40.3 Å². The molecule has 3 N–H and O–H groups in total. The van der Waals surface area contributed by atoms with Gasteiger partial charge in [0.2, 0.25) is 5.91 Å². The molecule has 0 spiro atoms. The molecule has 1 atom stereocenters. The number of benzene rings is 3. The molecule has 7 aromatic rings. The molecule has 1 unspecified atom stereocenters. The van der Waals surface area contributed by atoms with E-state index in [9.17, 15) is 34.2 Å². The minimum atomic E-state index is -1.92. The molecule has 68 heavy (non-hydrogen) atoms. The molecule has 2 amide bonds. The first kappa shape index (κ1) is 44.3. The zero-order chi connectivity index (χ0) is 47.8. The van der Waals surface area contributed by atoms with Crippen LogP contribution in [0.25, 0.3) is 50.3 Å². The molecule has 3 aromatic carbocycles. The number of rotatable bonds is 10. The molecule has 1 fully saturated rings. The Morgan fingerprint density at radius 3 is 2.54 bits per heavy atom. The van der Waals surface area contributed by atoms with Crippen LogP contribution in [-0.2, 0) is 46.0 Å². The number of carbonyl (C=O) groups excluding carboxylic acids is 3. The summed E-state index contributed by atoms with van der Waals surface area (Å²) < 4.78 is 16.2. The molecule has 0 radical (unpaired) electrons. The van der Waals surface area contributed by atoms with E-state index in [4.69, 9.17) is 14.5 Å². The van der Waals surface area contributed by atoms with Gasteiger partial charge in [-0.15, -0.1) is 0 Å². The maximum atomic E-state index is 13.8. The standard InChI is InChI=1S/C51H52N8O9/c1-6-34-35-24-33(10-11-40(35)52-45-37(34)26-58-42(45)25-39-38(47(58)62)27-67-48(63)51(39,66)7-2)68-50(65)55(5)31-15-19-57(20-16-31)44(61)17-21-56-18-14-30-22-32(9-12-41(30)56)59-46(53-54-49(59)64)36-23-29(28(3)4)8-13-43(36)60/h8-14,18,22-25,28,31,60,66H,6-7,15-17,19-21,26-27H2,1-5H3,(H,54,64). The largest absolute Gasteiger partial charge is 0.507 e. The van der Waals surface area contributed by atoms with Crippen LogP contribution >= 0.6 is 0 Å². The van der Waals surface area contributed by atoms with Crippen molar-refractivity contribution in [3.8, 4) is 40.0 Å². The van der Waals surface area contributed by atoms with Gasteiger partial charge in [-0.3, -0.25) is 9.59 Å². The summed E-state index contributed by atoms with van der Waals surface area (Å²) in [6.07, 6.45) is 3.55. The normalized spacial score (nSPS) is 16.8. The summed E-state index contributed by atoms with van der Waals surface area (Å²) in [5.41, 5.74) is 4.41. The monoisotopic (exact) mass is 920 g/mol. The number of aryl methyl sites for hydroxylation is 2. The molecule has 3 aliphatic rings. The molecule has 0 saturated carbocycles. The highest BCUT2D eigenvalue weighted by Crippen LogP contribution is 2.41. The lowest BCUT2D eigenvalue weighted by Crippen LogP contribution is -2.48. The Hall–Kier alpha value is -7.53. The molecular formula is C51H52N8O9.